The normalized spacial score (nSPS) is 21.5. The van der Waals surface area contributed by atoms with Gasteiger partial charge >= 0.3 is 5.97 Å². The largest absolute Gasteiger partial charge is 0.481 e. The number of likely N-dealkylation sites (tertiary alicyclic amines) is 1. The smallest absolute Gasteiger partial charge is 0.313 e. The van der Waals surface area contributed by atoms with Gasteiger partial charge in [0.25, 0.3) is 0 Å². The predicted octanol–water partition coefficient (Wildman–Crippen LogP) is 1.32. The molecule has 5 nitrogen and oxygen atoms in total. The molecule has 0 bridgehead atoms. The second kappa shape index (κ2) is 6.22. The number of ether oxygens (including phenoxy) is 1. The molecule has 0 spiro atoms. The molecule has 114 valence electrons. The van der Waals surface area contributed by atoms with Crippen molar-refractivity contribution in [1.82, 2.24) is 4.90 Å². The van der Waals surface area contributed by atoms with E-state index in [9.17, 15) is 19.1 Å². The van der Waals surface area contributed by atoms with Gasteiger partial charge in [-0.2, -0.15) is 0 Å². The molecule has 1 saturated heterocycles. The molecule has 6 heteroatoms. The first kappa shape index (κ1) is 15.4. The van der Waals surface area contributed by atoms with Crippen molar-refractivity contribution >= 4 is 11.9 Å². The van der Waals surface area contributed by atoms with E-state index in [2.05, 4.69) is 0 Å². The van der Waals surface area contributed by atoms with Gasteiger partial charge < -0.3 is 14.7 Å². The molecule has 1 aromatic rings. The third-order valence-corrected chi connectivity index (χ3v) is 3.88. The Kier molecular flexibility index (Phi) is 4.57. The second-order valence-corrected chi connectivity index (χ2v) is 5.35. The van der Waals surface area contributed by atoms with Crippen molar-refractivity contribution in [2.24, 2.45) is 5.41 Å². The van der Waals surface area contributed by atoms with Gasteiger partial charge in [0, 0.05) is 20.2 Å². The fourth-order valence-corrected chi connectivity index (χ4v) is 2.63. The van der Waals surface area contributed by atoms with Crippen molar-refractivity contribution in [3.8, 4) is 0 Å². The van der Waals surface area contributed by atoms with Crippen molar-refractivity contribution < 1.29 is 23.8 Å². The van der Waals surface area contributed by atoms with Crippen molar-refractivity contribution in [1.29, 1.82) is 0 Å². The summed E-state index contributed by atoms with van der Waals surface area (Å²) < 4.78 is 18.5. The summed E-state index contributed by atoms with van der Waals surface area (Å²) in [5.41, 5.74) is -0.735. The van der Waals surface area contributed by atoms with Gasteiger partial charge in [0.2, 0.25) is 5.91 Å². The molecule has 1 aliphatic rings. The highest BCUT2D eigenvalue weighted by Crippen LogP contribution is 2.31. The van der Waals surface area contributed by atoms with Crippen LogP contribution in [0.4, 0.5) is 4.39 Å². The number of carboxylic acids is 1. The van der Waals surface area contributed by atoms with E-state index in [0.717, 1.165) is 0 Å². The Labute approximate surface area is 122 Å². The summed E-state index contributed by atoms with van der Waals surface area (Å²) in [6.07, 6.45) is 0.286. The number of rotatable bonds is 5. The molecule has 0 radical (unpaired) electrons. The summed E-state index contributed by atoms with van der Waals surface area (Å²) >= 11 is 0. The highest BCUT2D eigenvalue weighted by Gasteiger charge is 2.46. The molecular weight excluding hydrogens is 277 g/mol. The Balaban J connectivity index is 2.05. The maximum Gasteiger partial charge on any atom is 0.313 e. The van der Waals surface area contributed by atoms with E-state index in [1.807, 2.05) is 0 Å². The van der Waals surface area contributed by atoms with Crippen molar-refractivity contribution in [2.75, 3.05) is 26.8 Å². The number of hydrogen-bond donors (Lipinski definition) is 1. The van der Waals surface area contributed by atoms with Crippen LogP contribution in [0.5, 0.6) is 0 Å². The van der Waals surface area contributed by atoms with Crippen LogP contribution in [0.2, 0.25) is 0 Å². The first-order valence-corrected chi connectivity index (χ1v) is 6.72. The van der Waals surface area contributed by atoms with Crippen LogP contribution in [-0.2, 0) is 20.7 Å². The number of nitrogens with zero attached hydrogens (tertiary/aromatic N) is 1. The molecule has 0 aliphatic carbocycles. The third kappa shape index (κ3) is 3.21. The molecule has 1 N–H and O–H groups in total. The Bertz CT molecular complexity index is 548. The van der Waals surface area contributed by atoms with Crippen LogP contribution in [0.3, 0.4) is 0 Å². The topological polar surface area (TPSA) is 66.8 Å². The number of carbonyl (C=O) groups is 2. The molecule has 2 rings (SSSR count). The van der Waals surface area contributed by atoms with E-state index in [-0.39, 0.29) is 25.5 Å². The minimum atomic E-state index is -1.06. The number of halogens is 1. The van der Waals surface area contributed by atoms with Crippen LogP contribution in [0.25, 0.3) is 0 Å². The third-order valence-electron chi connectivity index (χ3n) is 3.88. The first-order valence-electron chi connectivity index (χ1n) is 6.72. The fourth-order valence-electron chi connectivity index (χ4n) is 2.63. The fraction of sp³-hybridized carbons (Fsp3) is 0.467. The molecule has 1 fully saturated rings. The van der Waals surface area contributed by atoms with E-state index >= 15 is 0 Å². The number of aliphatic carboxylic acids is 1. The van der Waals surface area contributed by atoms with E-state index in [1.54, 1.807) is 18.2 Å². The number of carboxylic acid groups (broad SMARTS) is 1. The minimum absolute atomic E-state index is 0.0602. The monoisotopic (exact) mass is 295 g/mol. The zero-order valence-electron chi connectivity index (χ0n) is 11.8. The number of carbonyl (C=O) groups excluding carboxylic acids is 1. The number of benzene rings is 1. The van der Waals surface area contributed by atoms with Crippen LogP contribution in [0.15, 0.2) is 24.3 Å². The lowest BCUT2D eigenvalue weighted by Gasteiger charge is -2.23. The Morgan fingerprint density at radius 1 is 1.43 bits per heavy atom. The van der Waals surface area contributed by atoms with Gasteiger partial charge in [-0.25, -0.2) is 4.39 Å². The number of hydrogen-bond acceptors (Lipinski definition) is 3. The molecule has 1 aromatic carbocycles. The summed E-state index contributed by atoms with van der Waals surface area (Å²) in [5, 5.41) is 9.35. The van der Waals surface area contributed by atoms with Gasteiger partial charge in [0.05, 0.1) is 13.0 Å². The van der Waals surface area contributed by atoms with Gasteiger partial charge in [-0.05, 0) is 18.1 Å². The highest BCUT2D eigenvalue weighted by atomic mass is 19.1. The average Bonchev–Trinajstić information content (AvgIpc) is 2.87. The van der Waals surface area contributed by atoms with Crippen LogP contribution in [-0.4, -0.2) is 48.7 Å². The Morgan fingerprint density at radius 2 is 2.14 bits per heavy atom. The molecule has 21 heavy (non-hydrogen) atoms. The zero-order chi connectivity index (χ0) is 15.5. The zero-order valence-corrected chi connectivity index (χ0v) is 11.8. The van der Waals surface area contributed by atoms with Crippen molar-refractivity contribution in [3.63, 3.8) is 0 Å². The summed E-state index contributed by atoms with van der Waals surface area (Å²) in [5.74, 6) is -1.66. The van der Waals surface area contributed by atoms with Gasteiger partial charge in [-0.15, -0.1) is 0 Å². The lowest BCUT2D eigenvalue weighted by Crippen LogP contribution is -2.40. The molecule has 0 saturated carbocycles. The number of amides is 1. The van der Waals surface area contributed by atoms with Gasteiger partial charge in [0.1, 0.15) is 11.2 Å². The predicted molar refractivity (Wildman–Crippen MR) is 73.2 cm³/mol. The molecular formula is C15H18FNO4. The standard InChI is InChI=1S/C15H18FNO4/c1-21-10-15(14(19)20)6-7-17(9-15)13(18)8-11-4-2-3-5-12(11)16/h2-5H,6-10H2,1H3,(H,19,20). The Hall–Kier alpha value is -1.95. The maximum atomic E-state index is 13.6. The Morgan fingerprint density at radius 3 is 2.76 bits per heavy atom. The summed E-state index contributed by atoms with van der Waals surface area (Å²) in [6.45, 7) is 0.512. The molecule has 1 heterocycles. The van der Waals surface area contributed by atoms with Crippen molar-refractivity contribution in [2.45, 2.75) is 12.8 Å². The SMILES string of the molecule is COCC1(C(=O)O)CCN(C(=O)Cc2ccccc2F)C1. The van der Waals surface area contributed by atoms with Gasteiger partial charge in [-0.3, -0.25) is 9.59 Å². The van der Waals surface area contributed by atoms with E-state index < -0.39 is 17.2 Å². The highest BCUT2D eigenvalue weighted by molar-refractivity contribution is 5.82. The summed E-state index contributed by atoms with van der Waals surface area (Å²) in [4.78, 5) is 25.1. The first-order chi connectivity index (χ1) is 9.98. The molecule has 1 amide bonds. The second-order valence-electron chi connectivity index (χ2n) is 5.35. The molecule has 1 atom stereocenters. The number of methoxy groups -OCH3 is 1. The quantitative estimate of drug-likeness (QED) is 0.889. The van der Waals surface area contributed by atoms with Crippen LogP contribution in [0, 0.1) is 11.2 Å². The van der Waals surface area contributed by atoms with E-state index in [4.69, 9.17) is 4.74 Å². The van der Waals surface area contributed by atoms with Crippen molar-refractivity contribution in [3.05, 3.63) is 35.6 Å². The van der Waals surface area contributed by atoms with Crippen LogP contribution < -0.4 is 0 Å². The summed E-state index contributed by atoms with van der Waals surface area (Å²) in [7, 11) is 1.44. The minimum Gasteiger partial charge on any atom is -0.481 e. The van der Waals surface area contributed by atoms with E-state index in [1.165, 1.54) is 18.1 Å². The van der Waals surface area contributed by atoms with Crippen LogP contribution >= 0.6 is 0 Å². The van der Waals surface area contributed by atoms with Crippen LogP contribution in [0.1, 0.15) is 12.0 Å². The summed E-state index contributed by atoms with van der Waals surface area (Å²) in [6, 6.07) is 6.09. The van der Waals surface area contributed by atoms with E-state index in [0.29, 0.717) is 18.5 Å². The lowest BCUT2D eigenvalue weighted by molar-refractivity contribution is -0.151. The molecule has 0 aromatic heterocycles. The molecule has 1 aliphatic heterocycles. The molecule has 1 unspecified atom stereocenters. The average molecular weight is 295 g/mol. The van der Waals surface area contributed by atoms with Gasteiger partial charge in [-0.1, -0.05) is 18.2 Å². The lowest BCUT2D eigenvalue weighted by atomic mass is 9.88. The van der Waals surface area contributed by atoms with Gasteiger partial charge in [0.15, 0.2) is 0 Å². The maximum absolute atomic E-state index is 13.6.